The van der Waals surface area contributed by atoms with Crippen LogP contribution in [-0.4, -0.2) is 17.5 Å². The van der Waals surface area contributed by atoms with Gasteiger partial charge in [-0.3, -0.25) is 0 Å². The van der Waals surface area contributed by atoms with Crippen LogP contribution in [0.25, 0.3) is 0 Å². The number of rotatable bonds is 2. The molecule has 0 bridgehead atoms. The molecule has 7 heteroatoms. The van der Waals surface area contributed by atoms with Crippen LogP contribution in [0.4, 0.5) is 18.9 Å². The molecule has 0 amide bonds. The maximum absolute atomic E-state index is 12.6. The van der Waals surface area contributed by atoms with Crippen molar-refractivity contribution < 1.29 is 18.0 Å². The highest BCUT2D eigenvalue weighted by Gasteiger charge is 2.36. The van der Waals surface area contributed by atoms with Crippen molar-refractivity contribution in [2.75, 3.05) is 5.01 Å². The molecule has 1 heterocycles. The second kappa shape index (κ2) is 8.21. The molecule has 1 aromatic carbocycles. The molecular formula is C18H24ClF3N2O. The molecule has 2 rings (SSSR count). The number of hydrazone groups is 1. The third kappa shape index (κ3) is 5.21. The summed E-state index contributed by atoms with van der Waals surface area (Å²) in [6, 6.07) is 4.67. The molecule has 1 aliphatic heterocycles. The van der Waals surface area contributed by atoms with Gasteiger partial charge in [-0.1, -0.05) is 46.2 Å². The summed E-state index contributed by atoms with van der Waals surface area (Å²) < 4.78 is 37.9. The summed E-state index contributed by atoms with van der Waals surface area (Å²) in [5, 5.41) is 5.93. The summed E-state index contributed by atoms with van der Waals surface area (Å²) in [4.78, 5) is 11.3. The van der Waals surface area contributed by atoms with E-state index in [9.17, 15) is 18.0 Å². The topological polar surface area (TPSA) is 32.7 Å². The van der Waals surface area contributed by atoms with Crippen LogP contribution in [0.2, 0.25) is 0 Å². The van der Waals surface area contributed by atoms with Crippen LogP contribution in [0, 0.1) is 11.3 Å². The van der Waals surface area contributed by atoms with Crippen molar-refractivity contribution >= 4 is 29.3 Å². The van der Waals surface area contributed by atoms with Gasteiger partial charge in [-0.25, -0.2) is 5.01 Å². The summed E-state index contributed by atoms with van der Waals surface area (Å²) in [6.45, 7) is 9.80. The van der Waals surface area contributed by atoms with Crippen LogP contribution in [0.15, 0.2) is 29.4 Å². The number of hydrogen-bond donors (Lipinski definition) is 0. The van der Waals surface area contributed by atoms with Gasteiger partial charge in [0.2, 0.25) is 0 Å². The van der Waals surface area contributed by atoms with Crippen LogP contribution in [-0.2, 0) is 11.0 Å². The fraction of sp³-hybridized carbons (Fsp3) is 0.556. The van der Waals surface area contributed by atoms with Crippen LogP contribution in [0.5, 0.6) is 0 Å². The van der Waals surface area contributed by atoms with Crippen molar-refractivity contribution in [3.8, 4) is 0 Å². The number of hydrogen-bond acceptors (Lipinski definition) is 3. The van der Waals surface area contributed by atoms with Gasteiger partial charge in [0.15, 0.2) is 0 Å². The lowest BCUT2D eigenvalue weighted by Crippen LogP contribution is -2.42. The lowest BCUT2D eigenvalue weighted by atomic mass is 9.80. The molecule has 0 spiro atoms. The maximum atomic E-state index is 12.6. The summed E-state index contributed by atoms with van der Waals surface area (Å²) in [5.74, 6) is -0.386. The Morgan fingerprint density at radius 2 is 1.68 bits per heavy atom. The first-order chi connectivity index (χ1) is 11.5. The lowest BCUT2D eigenvalue weighted by Gasteiger charge is -2.37. The molecule has 0 saturated carbocycles. The maximum Gasteiger partial charge on any atom is 0.416 e. The predicted octanol–water partition coefficient (Wildman–Crippen LogP) is 5.72. The zero-order valence-electron chi connectivity index (χ0n) is 15.1. The third-order valence-corrected chi connectivity index (χ3v) is 4.04. The average Bonchev–Trinajstić information content (AvgIpc) is 2.54. The Hall–Kier alpha value is -1.56. The largest absolute Gasteiger partial charge is 0.416 e. The van der Waals surface area contributed by atoms with Crippen molar-refractivity contribution in [1.82, 2.24) is 0 Å². The minimum absolute atomic E-state index is 0.341. The van der Waals surface area contributed by atoms with Crippen molar-refractivity contribution in [2.24, 2.45) is 16.4 Å². The number of halogens is 4. The van der Waals surface area contributed by atoms with E-state index in [1.807, 2.05) is 34.6 Å². The zero-order chi connectivity index (χ0) is 19.4. The van der Waals surface area contributed by atoms with Gasteiger partial charge in [-0.05, 0) is 30.7 Å². The molecule has 2 unspecified atom stereocenters. The molecule has 140 valence electrons. The van der Waals surface area contributed by atoms with Crippen molar-refractivity contribution in [3.05, 3.63) is 29.8 Å². The molecule has 3 nitrogen and oxygen atoms in total. The second-order valence-electron chi connectivity index (χ2n) is 6.54. The third-order valence-electron chi connectivity index (χ3n) is 3.67. The number of nitrogens with zero attached hydrogens (tertiary/aromatic N) is 2. The fourth-order valence-electron chi connectivity index (χ4n) is 2.52. The van der Waals surface area contributed by atoms with Gasteiger partial charge in [-0.2, -0.15) is 18.3 Å². The minimum Gasteiger partial charge on any atom is -0.303 e. The molecule has 0 aromatic heterocycles. The summed E-state index contributed by atoms with van der Waals surface area (Å²) in [7, 11) is 0. The first-order valence-electron chi connectivity index (χ1n) is 8.19. The summed E-state index contributed by atoms with van der Waals surface area (Å²) in [5.41, 5.74) is -0.524. The molecule has 0 saturated heterocycles. The second-order valence-corrected chi connectivity index (χ2v) is 7.04. The first-order valence-corrected chi connectivity index (χ1v) is 8.62. The molecule has 2 atom stereocenters. The van der Waals surface area contributed by atoms with Gasteiger partial charge in [0.05, 0.1) is 22.9 Å². The highest BCUT2D eigenvalue weighted by atomic mass is 35.5. The van der Waals surface area contributed by atoms with Crippen LogP contribution < -0.4 is 5.01 Å². The average molecular weight is 377 g/mol. The van der Waals surface area contributed by atoms with E-state index in [4.69, 9.17) is 11.6 Å². The van der Waals surface area contributed by atoms with E-state index in [0.29, 0.717) is 17.8 Å². The van der Waals surface area contributed by atoms with Gasteiger partial charge in [-0.15, -0.1) is 0 Å². The molecule has 0 fully saturated rings. The van der Waals surface area contributed by atoms with Gasteiger partial charge in [0.25, 0.3) is 0 Å². The highest BCUT2D eigenvalue weighted by Crippen LogP contribution is 2.35. The van der Waals surface area contributed by atoms with E-state index in [0.717, 1.165) is 18.4 Å². The van der Waals surface area contributed by atoms with Crippen molar-refractivity contribution in [3.63, 3.8) is 0 Å². The normalized spacial score (nSPS) is 21.2. The summed E-state index contributed by atoms with van der Waals surface area (Å²) >= 11 is 6.27. The van der Waals surface area contributed by atoms with Crippen LogP contribution in [0.3, 0.4) is 0 Å². The number of alkyl halides is 4. The molecule has 0 aliphatic carbocycles. The standard InChI is InChI=1S/C16H18ClF3N2O.C2H6/c1-15(2,3)14-10(9-23)8-13(17)22(21-14)12-6-4-11(5-7-12)16(18,19)20;1-2/h4-7,9-10,13H,8H2,1-3H3;1-2H3. The van der Waals surface area contributed by atoms with E-state index in [-0.39, 0.29) is 11.3 Å². The number of anilines is 1. The Kier molecular flexibility index (Phi) is 7.06. The van der Waals surface area contributed by atoms with Gasteiger partial charge in [0.1, 0.15) is 11.8 Å². The molecule has 1 aromatic rings. The zero-order valence-corrected chi connectivity index (χ0v) is 15.8. The Morgan fingerprint density at radius 1 is 1.16 bits per heavy atom. The van der Waals surface area contributed by atoms with Crippen molar-refractivity contribution in [1.29, 1.82) is 0 Å². The molecule has 1 aliphatic rings. The van der Waals surface area contributed by atoms with E-state index >= 15 is 0 Å². The molecule has 0 radical (unpaired) electrons. The van der Waals surface area contributed by atoms with Gasteiger partial charge in [0, 0.05) is 5.41 Å². The number of benzene rings is 1. The Balaban J connectivity index is 0.00000151. The van der Waals surface area contributed by atoms with Crippen LogP contribution >= 0.6 is 11.6 Å². The quantitative estimate of drug-likeness (QED) is 0.375. The van der Waals surface area contributed by atoms with E-state index in [1.54, 1.807) is 0 Å². The first kappa shape index (κ1) is 21.5. The SMILES string of the molecule is CC.CC(C)(C)C1=NN(c2ccc(C(F)(F)F)cc2)C(Cl)CC1C=O. The number of carbonyl (C=O) groups excluding carboxylic acids is 1. The monoisotopic (exact) mass is 376 g/mol. The van der Waals surface area contributed by atoms with Gasteiger partial charge < -0.3 is 4.79 Å². The van der Waals surface area contributed by atoms with E-state index in [1.165, 1.54) is 17.1 Å². The van der Waals surface area contributed by atoms with Crippen molar-refractivity contribution in [2.45, 2.75) is 52.7 Å². The Morgan fingerprint density at radius 3 is 2.08 bits per heavy atom. The minimum atomic E-state index is -4.39. The molecular weight excluding hydrogens is 353 g/mol. The van der Waals surface area contributed by atoms with Gasteiger partial charge >= 0.3 is 6.18 Å². The lowest BCUT2D eigenvalue weighted by molar-refractivity contribution is -0.137. The van der Waals surface area contributed by atoms with E-state index in [2.05, 4.69) is 5.10 Å². The smallest absolute Gasteiger partial charge is 0.303 e. The van der Waals surface area contributed by atoms with Crippen LogP contribution in [0.1, 0.15) is 46.6 Å². The summed E-state index contributed by atoms with van der Waals surface area (Å²) in [6.07, 6.45) is -3.20. The predicted molar refractivity (Wildman–Crippen MR) is 96.0 cm³/mol. The fourth-order valence-corrected chi connectivity index (χ4v) is 2.87. The van der Waals surface area contributed by atoms with E-state index < -0.39 is 17.2 Å². The Bertz CT molecular complexity index is 606. The molecule has 25 heavy (non-hydrogen) atoms. The number of carbonyl (C=O) groups is 1. The molecule has 0 N–H and O–H groups in total. The Labute approximate surface area is 151 Å². The highest BCUT2D eigenvalue weighted by molar-refractivity contribution is 6.22. The number of aldehydes is 1.